The maximum atomic E-state index is 12.1. The van der Waals surface area contributed by atoms with Gasteiger partial charge in [0.1, 0.15) is 12.1 Å². The van der Waals surface area contributed by atoms with E-state index in [0.717, 1.165) is 6.33 Å². The number of anilines is 1. The Balaban J connectivity index is 1.80. The van der Waals surface area contributed by atoms with Crippen LogP contribution in [-0.4, -0.2) is 38.9 Å². The van der Waals surface area contributed by atoms with Crippen LogP contribution in [0.25, 0.3) is 0 Å². The molecule has 0 bridgehead atoms. The van der Waals surface area contributed by atoms with E-state index in [9.17, 15) is 19.7 Å². The molecule has 3 aromatic rings. The van der Waals surface area contributed by atoms with Gasteiger partial charge >= 0.3 is 17.5 Å². The Morgan fingerprint density at radius 3 is 2.50 bits per heavy atom. The Morgan fingerprint density at radius 1 is 1.10 bits per heavy atom. The molecular formula is C18H14N6O6. The summed E-state index contributed by atoms with van der Waals surface area (Å²) in [5, 5.41) is 11.6. The van der Waals surface area contributed by atoms with Crippen molar-refractivity contribution >= 4 is 23.4 Å². The Bertz CT molecular complexity index is 1070. The summed E-state index contributed by atoms with van der Waals surface area (Å²) < 4.78 is 10.1. The molecule has 0 fully saturated rings. The molecule has 30 heavy (non-hydrogen) atoms. The molecule has 152 valence electrons. The Hall–Kier alpha value is -4.61. The second-order valence-corrected chi connectivity index (χ2v) is 5.57. The highest BCUT2D eigenvalue weighted by Gasteiger charge is 2.25. The van der Waals surface area contributed by atoms with Gasteiger partial charge in [-0.2, -0.15) is 4.98 Å². The minimum Gasteiger partial charge on any atom is -0.465 e. The van der Waals surface area contributed by atoms with Crippen molar-refractivity contribution in [3.63, 3.8) is 0 Å². The lowest BCUT2D eigenvalue weighted by Crippen LogP contribution is -2.30. The number of pyridine rings is 1. The molecule has 0 aliphatic heterocycles. The molecule has 0 radical (unpaired) electrons. The lowest BCUT2D eigenvalue weighted by Gasteiger charge is -2.10. The van der Waals surface area contributed by atoms with E-state index in [2.05, 4.69) is 30.5 Å². The number of amides is 1. The first-order valence-electron chi connectivity index (χ1n) is 8.31. The Labute approximate surface area is 169 Å². The fourth-order valence-electron chi connectivity index (χ4n) is 2.27. The molecule has 0 unspecified atom stereocenters. The normalized spacial score (nSPS) is 10.0. The average molecular weight is 410 g/mol. The molecule has 12 nitrogen and oxygen atoms in total. The molecule has 1 amide bonds. The number of benzene rings is 1. The number of carbonyl (C=O) groups is 2. The minimum absolute atomic E-state index is 0.190. The zero-order chi connectivity index (χ0) is 21.5. The molecular weight excluding hydrogens is 396 g/mol. The molecule has 2 aromatic heterocycles. The van der Waals surface area contributed by atoms with Crippen LogP contribution in [-0.2, 0) is 4.74 Å². The molecule has 0 aliphatic rings. The van der Waals surface area contributed by atoms with Gasteiger partial charge in [0.25, 0.3) is 5.91 Å². The van der Waals surface area contributed by atoms with E-state index in [1.165, 1.54) is 49.8 Å². The highest BCUT2D eigenvalue weighted by Crippen LogP contribution is 2.33. The summed E-state index contributed by atoms with van der Waals surface area (Å²) in [7, 11) is 1.25. The molecule has 0 saturated heterocycles. The van der Waals surface area contributed by atoms with Gasteiger partial charge in [-0.1, -0.05) is 0 Å². The molecule has 1 aromatic carbocycles. The van der Waals surface area contributed by atoms with Gasteiger partial charge < -0.3 is 9.47 Å². The Kier molecular flexibility index (Phi) is 6.08. The summed E-state index contributed by atoms with van der Waals surface area (Å²) in [5.74, 6) is -1.57. The average Bonchev–Trinajstić information content (AvgIpc) is 2.77. The summed E-state index contributed by atoms with van der Waals surface area (Å²) >= 11 is 0. The van der Waals surface area contributed by atoms with E-state index in [-0.39, 0.29) is 28.6 Å². The van der Waals surface area contributed by atoms with E-state index >= 15 is 0 Å². The van der Waals surface area contributed by atoms with Crippen molar-refractivity contribution in [2.24, 2.45) is 0 Å². The third-order valence-corrected chi connectivity index (χ3v) is 3.68. The van der Waals surface area contributed by atoms with Crippen LogP contribution in [0.15, 0.2) is 55.1 Å². The summed E-state index contributed by atoms with van der Waals surface area (Å²) in [4.78, 5) is 45.8. The largest absolute Gasteiger partial charge is 0.465 e. The highest BCUT2D eigenvalue weighted by molar-refractivity contribution is 5.94. The predicted molar refractivity (Wildman–Crippen MR) is 102 cm³/mol. The summed E-state index contributed by atoms with van der Waals surface area (Å²) in [6.45, 7) is 0. The zero-order valence-corrected chi connectivity index (χ0v) is 15.4. The lowest BCUT2D eigenvalue weighted by molar-refractivity contribution is -0.385. The van der Waals surface area contributed by atoms with Crippen molar-refractivity contribution in [2.45, 2.75) is 0 Å². The number of ether oxygens (including phenoxy) is 2. The molecule has 0 aliphatic carbocycles. The first-order chi connectivity index (χ1) is 14.5. The number of nitrogens with zero attached hydrogens (tertiary/aromatic N) is 4. The van der Waals surface area contributed by atoms with Crippen LogP contribution in [0, 0.1) is 10.1 Å². The lowest BCUT2D eigenvalue weighted by atomic mass is 10.2. The zero-order valence-electron chi connectivity index (χ0n) is 15.4. The molecule has 0 spiro atoms. The van der Waals surface area contributed by atoms with Crippen LogP contribution in [0.3, 0.4) is 0 Å². The van der Waals surface area contributed by atoms with Crippen molar-refractivity contribution in [2.75, 3.05) is 12.5 Å². The fourth-order valence-corrected chi connectivity index (χ4v) is 2.27. The number of methoxy groups -OCH3 is 1. The molecule has 12 heteroatoms. The van der Waals surface area contributed by atoms with Gasteiger partial charge in [-0.3, -0.25) is 30.7 Å². The SMILES string of the molecule is COC(=O)c1ccc(Oc2ncnc(NNC(=O)c3cccnc3)c2[N+](=O)[O-])cc1. The second-order valence-electron chi connectivity index (χ2n) is 5.57. The van der Waals surface area contributed by atoms with Gasteiger partial charge in [0.15, 0.2) is 0 Å². The highest BCUT2D eigenvalue weighted by atomic mass is 16.6. The first kappa shape index (κ1) is 20.1. The van der Waals surface area contributed by atoms with E-state index in [4.69, 9.17) is 4.74 Å². The maximum Gasteiger partial charge on any atom is 0.374 e. The number of hydrogen-bond donors (Lipinski definition) is 2. The van der Waals surface area contributed by atoms with Crippen LogP contribution < -0.4 is 15.6 Å². The van der Waals surface area contributed by atoms with E-state index in [0.29, 0.717) is 0 Å². The summed E-state index contributed by atoms with van der Waals surface area (Å²) in [6.07, 6.45) is 3.86. The number of hydrogen-bond acceptors (Lipinski definition) is 10. The van der Waals surface area contributed by atoms with Crippen LogP contribution in [0.1, 0.15) is 20.7 Å². The second kappa shape index (κ2) is 9.05. The monoisotopic (exact) mass is 410 g/mol. The Morgan fingerprint density at radius 2 is 1.87 bits per heavy atom. The number of hydrazine groups is 1. The smallest absolute Gasteiger partial charge is 0.374 e. The molecule has 0 atom stereocenters. The molecule has 2 N–H and O–H groups in total. The van der Waals surface area contributed by atoms with Crippen LogP contribution in [0.2, 0.25) is 0 Å². The van der Waals surface area contributed by atoms with Gasteiger partial charge in [0, 0.05) is 12.4 Å². The molecule has 3 rings (SSSR count). The van der Waals surface area contributed by atoms with E-state index < -0.39 is 22.5 Å². The molecule has 0 saturated carbocycles. The number of esters is 1. The van der Waals surface area contributed by atoms with Crippen LogP contribution >= 0.6 is 0 Å². The van der Waals surface area contributed by atoms with Gasteiger partial charge in [0.05, 0.1) is 23.2 Å². The van der Waals surface area contributed by atoms with Crippen molar-refractivity contribution < 1.29 is 24.0 Å². The van der Waals surface area contributed by atoms with Gasteiger partial charge in [-0.15, -0.1) is 0 Å². The van der Waals surface area contributed by atoms with Crippen molar-refractivity contribution in [1.82, 2.24) is 20.4 Å². The van der Waals surface area contributed by atoms with Crippen molar-refractivity contribution in [3.05, 3.63) is 76.4 Å². The topological polar surface area (TPSA) is 158 Å². The van der Waals surface area contributed by atoms with Crippen molar-refractivity contribution in [3.8, 4) is 11.6 Å². The van der Waals surface area contributed by atoms with Gasteiger partial charge in [-0.25, -0.2) is 9.78 Å². The number of aromatic nitrogens is 3. The van der Waals surface area contributed by atoms with Gasteiger partial charge in [-0.05, 0) is 36.4 Å². The summed E-state index contributed by atoms with van der Waals surface area (Å²) in [6, 6.07) is 8.80. The number of nitro groups is 1. The number of rotatable bonds is 7. The van der Waals surface area contributed by atoms with Gasteiger partial charge in [0.2, 0.25) is 5.82 Å². The quantitative estimate of drug-likeness (QED) is 0.335. The summed E-state index contributed by atoms with van der Waals surface area (Å²) in [5.41, 5.74) is 4.61. The first-order valence-corrected chi connectivity index (χ1v) is 8.31. The van der Waals surface area contributed by atoms with Crippen LogP contribution in [0.5, 0.6) is 11.6 Å². The minimum atomic E-state index is -0.753. The van der Waals surface area contributed by atoms with Crippen molar-refractivity contribution in [1.29, 1.82) is 0 Å². The number of nitrogens with one attached hydrogen (secondary N) is 2. The molecule has 2 heterocycles. The third kappa shape index (κ3) is 4.62. The fraction of sp³-hybridized carbons (Fsp3) is 0.0556. The third-order valence-electron chi connectivity index (χ3n) is 3.68. The standard InChI is InChI=1S/C18H14N6O6/c1-29-18(26)11-4-6-13(7-5-11)30-17-14(24(27)28)15(20-10-21-17)22-23-16(25)12-3-2-8-19-9-12/h2-10H,1H3,(H,23,25)(H,20,21,22). The van der Waals surface area contributed by atoms with Crippen LogP contribution in [0.4, 0.5) is 11.5 Å². The predicted octanol–water partition coefficient (Wildman–Crippen LogP) is 2.12. The number of carbonyl (C=O) groups excluding carboxylic acids is 2. The maximum absolute atomic E-state index is 12.1. The van der Waals surface area contributed by atoms with E-state index in [1.54, 1.807) is 6.07 Å². The van der Waals surface area contributed by atoms with E-state index in [1.807, 2.05) is 0 Å².